The van der Waals surface area contributed by atoms with E-state index in [1.165, 1.54) is 32.5 Å². The number of hydrogen-bond acceptors (Lipinski definition) is 2. The molecular weight excluding hydrogens is 172 g/mol. The molecule has 0 heterocycles. The second kappa shape index (κ2) is 8.25. The Morgan fingerprint density at radius 1 is 0.929 bits per heavy atom. The Bertz CT molecular complexity index is 125. The van der Waals surface area contributed by atoms with Gasteiger partial charge in [-0.25, -0.2) is 0 Å². The fourth-order valence-corrected chi connectivity index (χ4v) is 1.80. The first-order valence-corrected chi connectivity index (χ1v) is 6.01. The summed E-state index contributed by atoms with van der Waals surface area (Å²) in [4.78, 5) is 4.87. The molecule has 2 nitrogen and oxygen atoms in total. The largest absolute Gasteiger partial charge is 0.306 e. The minimum Gasteiger partial charge on any atom is -0.306 e. The van der Waals surface area contributed by atoms with Gasteiger partial charge in [0.25, 0.3) is 0 Å². The van der Waals surface area contributed by atoms with Crippen molar-refractivity contribution in [2.24, 2.45) is 5.92 Å². The zero-order valence-corrected chi connectivity index (χ0v) is 10.7. The molecule has 1 unspecified atom stereocenters. The zero-order valence-electron chi connectivity index (χ0n) is 10.7. The van der Waals surface area contributed by atoms with Crippen LogP contribution in [0.2, 0.25) is 0 Å². The Hall–Kier alpha value is -0.0800. The Balaban J connectivity index is 3.77. The van der Waals surface area contributed by atoms with Gasteiger partial charge in [0, 0.05) is 13.1 Å². The molecule has 0 saturated heterocycles. The molecule has 0 aliphatic rings. The van der Waals surface area contributed by atoms with Gasteiger partial charge in [0.15, 0.2) is 0 Å². The van der Waals surface area contributed by atoms with Gasteiger partial charge >= 0.3 is 0 Å². The maximum Gasteiger partial charge on any atom is 0.00187 e. The molecule has 0 N–H and O–H groups in total. The van der Waals surface area contributed by atoms with Gasteiger partial charge in [0.1, 0.15) is 0 Å². The lowest BCUT2D eigenvalue weighted by Crippen LogP contribution is -2.33. The van der Waals surface area contributed by atoms with Crippen molar-refractivity contribution in [3.8, 4) is 0 Å². The Labute approximate surface area is 90.3 Å². The molecule has 14 heavy (non-hydrogen) atoms. The molecule has 0 rings (SSSR count). The highest BCUT2D eigenvalue weighted by Gasteiger charge is 2.10. The van der Waals surface area contributed by atoms with Crippen molar-refractivity contribution in [3.05, 3.63) is 0 Å². The van der Waals surface area contributed by atoms with Gasteiger partial charge in [-0.2, -0.15) is 0 Å². The maximum absolute atomic E-state index is 2.46. The van der Waals surface area contributed by atoms with Crippen LogP contribution < -0.4 is 0 Å². The van der Waals surface area contributed by atoms with E-state index in [1.54, 1.807) is 0 Å². The van der Waals surface area contributed by atoms with Crippen molar-refractivity contribution in [3.63, 3.8) is 0 Å². The SMILES string of the molecule is CCCN(C)CC(CC)CN(C)CC. The molecule has 0 bridgehead atoms. The average molecular weight is 200 g/mol. The standard InChI is InChI=1S/C12H28N2/c1-6-9-14(5)11-12(7-2)10-13(4)8-3/h12H,6-11H2,1-5H3. The third-order valence-corrected chi connectivity index (χ3v) is 2.86. The Morgan fingerprint density at radius 3 is 1.93 bits per heavy atom. The Morgan fingerprint density at radius 2 is 1.50 bits per heavy atom. The summed E-state index contributed by atoms with van der Waals surface area (Å²) in [7, 11) is 4.45. The average Bonchev–Trinajstić information content (AvgIpc) is 2.16. The van der Waals surface area contributed by atoms with Gasteiger partial charge < -0.3 is 9.80 Å². The highest BCUT2D eigenvalue weighted by atomic mass is 15.1. The van der Waals surface area contributed by atoms with E-state index in [4.69, 9.17) is 0 Å². The maximum atomic E-state index is 2.46. The third kappa shape index (κ3) is 6.39. The highest BCUT2D eigenvalue weighted by molar-refractivity contribution is 4.65. The molecule has 0 aromatic heterocycles. The molecular formula is C12H28N2. The summed E-state index contributed by atoms with van der Waals surface area (Å²) < 4.78 is 0. The lowest BCUT2D eigenvalue weighted by Gasteiger charge is -2.26. The van der Waals surface area contributed by atoms with E-state index in [1.807, 2.05) is 0 Å². The van der Waals surface area contributed by atoms with Gasteiger partial charge in [0.2, 0.25) is 0 Å². The molecule has 0 amide bonds. The molecule has 0 aliphatic carbocycles. The van der Waals surface area contributed by atoms with Gasteiger partial charge in [0.05, 0.1) is 0 Å². The molecule has 0 aromatic rings. The van der Waals surface area contributed by atoms with Crippen molar-refractivity contribution in [2.75, 3.05) is 40.3 Å². The van der Waals surface area contributed by atoms with Crippen LogP contribution in [0.5, 0.6) is 0 Å². The van der Waals surface area contributed by atoms with Crippen LogP contribution in [0.3, 0.4) is 0 Å². The highest BCUT2D eigenvalue weighted by Crippen LogP contribution is 2.06. The van der Waals surface area contributed by atoms with E-state index in [0.717, 1.165) is 12.5 Å². The monoisotopic (exact) mass is 200 g/mol. The lowest BCUT2D eigenvalue weighted by molar-refractivity contribution is 0.215. The summed E-state index contributed by atoms with van der Waals surface area (Å²) in [5, 5.41) is 0. The number of nitrogens with zero attached hydrogens (tertiary/aromatic N) is 2. The van der Waals surface area contributed by atoms with E-state index in [-0.39, 0.29) is 0 Å². The summed E-state index contributed by atoms with van der Waals surface area (Å²) in [6.45, 7) is 11.6. The van der Waals surface area contributed by atoms with Gasteiger partial charge in [-0.1, -0.05) is 27.2 Å². The molecule has 0 saturated carbocycles. The Kier molecular flexibility index (Phi) is 8.20. The minimum atomic E-state index is 0.830. The minimum absolute atomic E-state index is 0.830. The van der Waals surface area contributed by atoms with Crippen molar-refractivity contribution in [1.29, 1.82) is 0 Å². The first-order chi connectivity index (χ1) is 6.63. The topological polar surface area (TPSA) is 6.48 Å². The van der Waals surface area contributed by atoms with Crippen LogP contribution >= 0.6 is 0 Å². The van der Waals surface area contributed by atoms with Crippen molar-refractivity contribution < 1.29 is 0 Å². The van der Waals surface area contributed by atoms with Crippen LogP contribution in [0.25, 0.3) is 0 Å². The normalized spacial score (nSPS) is 13.9. The summed E-state index contributed by atoms with van der Waals surface area (Å²) >= 11 is 0. The number of hydrogen-bond donors (Lipinski definition) is 0. The summed E-state index contributed by atoms with van der Waals surface area (Å²) in [6.07, 6.45) is 2.55. The van der Waals surface area contributed by atoms with E-state index >= 15 is 0 Å². The van der Waals surface area contributed by atoms with Crippen molar-refractivity contribution >= 4 is 0 Å². The van der Waals surface area contributed by atoms with E-state index in [0.29, 0.717) is 0 Å². The molecule has 86 valence electrons. The molecule has 0 aromatic carbocycles. The van der Waals surface area contributed by atoms with Gasteiger partial charge in [-0.3, -0.25) is 0 Å². The van der Waals surface area contributed by atoms with Crippen LogP contribution in [0.15, 0.2) is 0 Å². The second-order valence-corrected chi connectivity index (χ2v) is 4.39. The predicted molar refractivity (Wildman–Crippen MR) is 64.7 cm³/mol. The van der Waals surface area contributed by atoms with Crippen LogP contribution in [-0.2, 0) is 0 Å². The summed E-state index contributed by atoms with van der Waals surface area (Å²) in [5.41, 5.74) is 0. The second-order valence-electron chi connectivity index (χ2n) is 4.39. The lowest BCUT2D eigenvalue weighted by atomic mass is 10.1. The summed E-state index contributed by atoms with van der Waals surface area (Å²) in [6, 6.07) is 0. The van der Waals surface area contributed by atoms with Crippen molar-refractivity contribution in [1.82, 2.24) is 9.80 Å². The molecule has 0 fully saturated rings. The smallest absolute Gasteiger partial charge is 0.00187 e. The fourth-order valence-electron chi connectivity index (χ4n) is 1.80. The van der Waals surface area contributed by atoms with Gasteiger partial charge in [-0.05, 0) is 39.5 Å². The van der Waals surface area contributed by atoms with E-state index in [2.05, 4.69) is 44.7 Å². The van der Waals surface area contributed by atoms with Crippen LogP contribution in [0.1, 0.15) is 33.6 Å². The van der Waals surface area contributed by atoms with Crippen LogP contribution in [-0.4, -0.2) is 50.1 Å². The molecule has 0 aliphatic heterocycles. The zero-order chi connectivity index (χ0) is 11.0. The van der Waals surface area contributed by atoms with Crippen LogP contribution in [0.4, 0.5) is 0 Å². The first-order valence-electron chi connectivity index (χ1n) is 6.01. The van der Waals surface area contributed by atoms with E-state index in [9.17, 15) is 0 Å². The van der Waals surface area contributed by atoms with E-state index < -0.39 is 0 Å². The molecule has 2 heteroatoms. The van der Waals surface area contributed by atoms with Crippen LogP contribution in [0, 0.1) is 5.92 Å². The van der Waals surface area contributed by atoms with Crippen molar-refractivity contribution in [2.45, 2.75) is 33.6 Å². The molecule has 1 atom stereocenters. The first kappa shape index (κ1) is 13.9. The number of rotatable bonds is 8. The summed E-state index contributed by atoms with van der Waals surface area (Å²) in [5.74, 6) is 0.830. The third-order valence-electron chi connectivity index (χ3n) is 2.86. The molecule has 0 radical (unpaired) electrons. The van der Waals surface area contributed by atoms with Gasteiger partial charge in [-0.15, -0.1) is 0 Å². The quantitative estimate of drug-likeness (QED) is 0.593. The fraction of sp³-hybridized carbons (Fsp3) is 1.00. The molecule has 0 spiro atoms. The predicted octanol–water partition coefficient (Wildman–Crippen LogP) is 2.31.